The number of aromatic nitrogens is 2. The smallest absolute Gasteiger partial charge is 0.196 e. The zero-order valence-electron chi connectivity index (χ0n) is 17.1. The lowest BCUT2D eigenvalue weighted by Gasteiger charge is -2.35. The second-order valence-electron chi connectivity index (χ2n) is 7.59. The van der Waals surface area contributed by atoms with E-state index in [-0.39, 0.29) is 12.4 Å². The zero-order chi connectivity index (χ0) is 20.7. The van der Waals surface area contributed by atoms with Gasteiger partial charge in [0, 0.05) is 54.6 Å². The molecule has 8 heteroatoms. The Balaban J connectivity index is 0.00000231. The van der Waals surface area contributed by atoms with Gasteiger partial charge in [-0.2, -0.15) is 0 Å². The minimum atomic E-state index is 0. The molecular weight excluding hydrogens is 455 g/mol. The Labute approximate surface area is 197 Å². The fourth-order valence-electron chi connectivity index (χ4n) is 4.00. The number of anilines is 1. The van der Waals surface area contributed by atoms with Crippen LogP contribution in [0.4, 0.5) is 5.82 Å². The molecule has 1 aliphatic rings. The number of para-hydroxylation sites is 1. The van der Waals surface area contributed by atoms with Crippen molar-refractivity contribution in [1.29, 1.82) is 0 Å². The maximum Gasteiger partial charge on any atom is 0.196 e. The molecule has 0 saturated carbocycles. The fourth-order valence-corrected chi connectivity index (χ4v) is 4.47. The molecule has 0 spiro atoms. The number of hydrogen-bond donors (Lipinski definition) is 0. The first kappa shape index (κ1) is 22.2. The van der Waals surface area contributed by atoms with Crippen molar-refractivity contribution in [2.45, 2.75) is 19.9 Å². The van der Waals surface area contributed by atoms with Gasteiger partial charge in [0.05, 0.1) is 0 Å². The number of piperazine rings is 1. The van der Waals surface area contributed by atoms with Gasteiger partial charge in [0.2, 0.25) is 0 Å². The van der Waals surface area contributed by atoms with Crippen molar-refractivity contribution >= 4 is 63.5 Å². The number of nitrogens with zero attached hydrogens (tertiary/aromatic N) is 4. The molecule has 3 heterocycles. The van der Waals surface area contributed by atoms with Gasteiger partial charge in [0.25, 0.3) is 0 Å². The van der Waals surface area contributed by atoms with Crippen LogP contribution < -0.4 is 4.90 Å². The van der Waals surface area contributed by atoms with Gasteiger partial charge >= 0.3 is 0 Å². The molecule has 2 aromatic heterocycles. The summed E-state index contributed by atoms with van der Waals surface area (Å²) in [5, 5.41) is 2.43. The van der Waals surface area contributed by atoms with Gasteiger partial charge in [-0.15, -0.1) is 12.4 Å². The van der Waals surface area contributed by atoms with Crippen molar-refractivity contribution in [3.05, 3.63) is 63.9 Å². The molecule has 1 aliphatic heterocycles. The molecular formula is C23H23Cl3N4O. The summed E-state index contributed by atoms with van der Waals surface area (Å²) in [5.41, 5.74) is 3.64. The normalized spacial score (nSPS) is 14.9. The highest BCUT2D eigenvalue weighted by molar-refractivity contribution is 6.35. The molecule has 4 aromatic rings. The van der Waals surface area contributed by atoms with E-state index in [2.05, 4.69) is 22.8 Å². The third kappa shape index (κ3) is 4.33. The van der Waals surface area contributed by atoms with Crippen LogP contribution in [0.15, 0.2) is 46.9 Å². The van der Waals surface area contributed by atoms with E-state index in [0.717, 1.165) is 83.4 Å². The molecule has 31 heavy (non-hydrogen) atoms. The average Bonchev–Trinajstić information content (AvgIpc) is 3.14. The third-order valence-electron chi connectivity index (χ3n) is 5.65. The third-order valence-corrected chi connectivity index (χ3v) is 6.23. The zero-order valence-corrected chi connectivity index (χ0v) is 19.5. The van der Waals surface area contributed by atoms with Crippen LogP contribution >= 0.6 is 35.6 Å². The molecule has 1 saturated heterocycles. The van der Waals surface area contributed by atoms with Gasteiger partial charge in [-0.25, -0.2) is 9.97 Å². The van der Waals surface area contributed by atoms with Crippen LogP contribution in [0.25, 0.3) is 22.1 Å². The first-order valence-electron chi connectivity index (χ1n) is 10.2. The summed E-state index contributed by atoms with van der Waals surface area (Å²) >= 11 is 12.4. The van der Waals surface area contributed by atoms with Crippen molar-refractivity contribution in [3.63, 3.8) is 0 Å². The fraction of sp³-hybridized carbons (Fsp3) is 0.304. The van der Waals surface area contributed by atoms with E-state index >= 15 is 0 Å². The molecule has 0 amide bonds. The Bertz CT molecular complexity index is 1220. The van der Waals surface area contributed by atoms with Crippen molar-refractivity contribution in [2.24, 2.45) is 0 Å². The molecule has 0 bridgehead atoms. The molecule has 162 valence electrons. The van der Waals surface area contributed by atoms with E-state index in [1.165, 1.54) is 0 Å². The Hall–Kier alpha value is -2.05. The topological polar surface area (TPSA) is 45.4 Å². The van der Waals surface area contributed by atoms with Crippen LogP contribution in [0.2, 0.25) is 10.0 Å². The van der Waals surface area contributed by atoms with Gasteiger partial charge in [0.15, 0.2) is 11.4 Å². The van der Waals surface area contributed by atoms with Gasteiger partial charge in [-0.05, 0) is 29.8 Å². The summed E-state index contributed by atoms with van der Waals surface area (Å²) < 4.78 is 6.18. The predicted molar refractivity (Wildman–Crippen MR) is 130 cm³/mol. The van der Waals surface area contributed by atoms with Crippen LogP contribution in [0.1, 0.15) is 18.3 Å². The summed E-state index contributed by atoms with van der Waals surface area (Å²) in [6.07, 6.45) is 0.789. The summed E-state index contributed by atoms with van der Waals surface area (Å²) in [7, 11) is 0. The average molecular weight is 478 g/mol. The molecule has 0 aliphatic carbocycles. The van der Waals surface area contributed by atoms with Crippen molar-refractivity contribution in [1.82, 2.24) is 14.9 Å². The van der Waals surface area contributed by atoms with E-state index in [1.807, 2.05) is 30.3 Å². The minimum Gasteiger partial charge on any atom is -0.450 e. The number of hydrogen-bond acceptors (Lipinski definition) is 5. The van der Waals surface area contributed by atoms with Crippen molar-refractivity contribution in [3.8, 4) is 0 Å². The highest BCUT2D eigenvalue weighted by atomic mass is 35.5. The van der Waals surface area contributed by atoms with Crippen LogP contribution in [-0.2, 0) is 13.0 Å². The second-order valence-corrected chi connectivity index (χ2v) is 8.44. The summed E-state index contributed by atoms with van der Waals surface area (Å²) in [5.74, 6) is 1.75. The lowest BCUT2D eigenvalue weighted by molar-refractivity contribution is 0.249. The van der Waals surface area contributed by atoms with E-state index in [1.54, 1.807) is 6.07 Å². The van der Waals surface area contributed by atoms with Gasteiger partial charge in [-0.1, -0.05) is 48.3 Å². The van der Waals surface area contributed by atoms with Crippen molar-refractivity contribution < 1.29 is 4.42 Å². The Kier molecular flexibility index (Phi) is 6.58. The maximum atomic E-state index is 6.36. The van der Waals surface area contributed by atoms with Gasteiger partial charge in [0.1, 0.15) is 16.9 Å². The monoisotopic (exact) mass is 476 g/mol. The van der Waals surface area contributed by atoms with Crippen molar-refractivity contribution in [2.75, 3.05) is 31.1 Å². The standard InChI is InChI=1S/C23H22Cl2N4O.ClH/c1-2-20-26-21-17-5-3-4-6-19(17)30-22(21)23(27-20)29-11-9-28(10-12-29)14-15-7-8-16(24)13-18(15)25;/h3-8,13H,2,9-12,14H2,1H3;1H. The highest BCUT2D eigenvalue weighted by Crippen LogP contribution is 2.33. The first-order valence-corrected chi connectivity index (χ1v) is 11.0. The largest absolute Gasteiger partial charge is 0.450 e. The molecule has 5 nitrogen and oxygen atoms in total. The van der Waals surface area contributed by atoms with E-state index in [4.69, 9.17) is 37.6 Å². The number of furan rings is 1. The van der Waals surface area contributed by atoms with Crippen LogP contribution in [0.3, 0.4) is 0 Å². The predicted octanol–water partition coefficient (Wildman–Crippen LogP) is 5.99. The van der Waals surface area contributed by atoms with Gasteiger partial charge in [-0.3, -0.25) is 4.90 Å². The van der Waals surface area contributed by atoms with E-state index < -0.39 is 0 Å². The Morgan fingerprint density at radius 2 is 1.77 bits per heavy atom. The molecule has 0 N–H and O–H groups in total. The summed E-state index contributed by atoms with van der Waals surface area (Å²) in [6, 6.07) is 13.8. The lowest BCUT2D eigenvalue weighted by atomic mass is 10.2. The number of fused-ring (bicyclic) bond motifs is 3. The van der Waals surface area contributed by atoms with E-state index in [9.17, 15) is 0 Å². The number of rotatable bonds is 4. The molecule has 0 radical (unpaired) electrons. The quantitative estimate of drug-likeness (QED) is 0.361. The summed E-state index contributed by atoms with van der Waals surface area (Å²) in [6.45, 7) is 6.49. The summed E-state index contributed by atoms with van der Waals surface area (Å²) in [4.78, 5) is 14.3. The Morgan fingerprint density at radius 1 is 1.00 bits per heavy atom. The Morgan fingerprint density at radius 3 is 2.52 bits per heavy atom. The van der Waals surface area contributed by atoms with Crippen LogP contribution in [-0.4, -0.2) is 41.0 Å². The molecule has 5 rings (SSSR count). The lowest BCUT2D eigenvalue weighted by Crippen LogP contribution is -2.46. The van der Waals surface area contributed by atoms with E-state index in [0.29, 0.717) is 5.02 Å². The molecule has 0 atom stereocenters. The van der Waals surface area contributed by atoms with Crippen LogP contribution in [0, 0.1) is 0 Å². The second kappa shape index (κ2) is 9.21. The number of benzene rings is 2. The van der Waals surface area contributed by atoms with Crippen LogP contribution in [0.5, 0.6) is 0 Å². The number of halogens is 3. The minimum absolute atomic E-state index is 0. The highest BCUT2D eigenvalue weighted by Gasteiger charge is 2.24. The SMILES string of the molecule is CCc1nc(N2CCN(Cc3ccc(Cl)cc3Cl)CC2)c2oc3ccccc3c2n1.Cl. The molecule has 0 unspecified atom stereocenters. The molecule has 1 fully saturated rings. The molecule has 2 aromatic carbocycles. The van der Waals surface area contributed by atoms with Gasteiger partial charge < -0.3 is 9.32 Å². The maximum absolute atomic E-state index is 6.36. The number of aryl methyl sites for hydroxylation is 1. The first-order chi connectivity index (χ1) is 14.6.